The Bertz CT molecular complexity index is 444. The Morgan fingerprint density at radius 3 is 2.12 bits per heavy atom. The molecule has 0 radical (unpaired) electrons. The topological polar surface area (TPSA) is 57.6 Å². The van der Waals surface area contributed by atoms with Gasteiger partial charge in [0.05, 0.1) is 0 Å². The Morgan fingerprint density at radius 1 is 1.29 bits per heavy atom. The third-order valence-corrected chi connectivity index (χ3v) is 2.97. The SMILES string of the molecule is CC(=O)N(C)C(C)(C(=O)O)c1ccc(F)cc1. The number of hydrogen-bond acceptors (Lipinski definition) is 2. The highest BCUT2D eigenvalue weighted by Gasteiger charge is 2.40. The van der Waals surface area contributed by atoms with Crippen LogP contribution in [0.25, 0.3) is 0 Å². The normalized spacial score (nSPS) is 13.9. The maximum atomic E-state index is 12.8. The van der Waals surface area contributed by atoms with E-state index in [0.717, 1.165) is 4.90 Å². The number of carboxylic acids is 1. The monoisotopic (exact) mass is 239 g/mol. The number of aliphatic carboxylic acids is 1. The minimum atomic E-state index is -1.50. The lowest BCUT2D eigenvalue weighted by molar-refractivity contribution is -0.156. The van der Waals surface area contributed by atoms with Gasteiger partial charge in [0.15, 0.2) is 5.54 Å². The van der Waals surface area contributed by atoms with Crippen molar-refractivity contribution in [3.8, 4) is 0 Å². The molecule has 1 amide bonds. The van der Waals surface area contributed by atoms with E-state index in [1.807, 2.05) is 0 Å². The quantitative estimate of drug-likeness (QED) is 0.871. The van der Waals surface area contributed by atoms with E-state index in [1.54, 1.807) is 0 Å². The van der Waals surface area contributed by atoms with Crippen molar-refractivity contribution < 1.29 is 19.1 Å². The van der Waals surface area contributed by atoms with Crippen LogP contribution in [-0.2, 0) is 15.1 Å². The second-order valence-electron chi connectivity index (χ2n) is 3.96. The molecule has 0 aliphatic rings. The molecule has 0 fully saturated rings. The summed E-state index contributed by atoms with van der Waals surface area (Å²) in [4.78, 5) is 23.8. The van der Waals surface area contributed by atoms with Crippen molar-refractivity contribution in [1.82, 2.24) is 4.90 Å². The maximum absolute atomic E-state index is 12.8. The van der Waals surface area contributed by atoms with Gasteiger partial charge in [-0.2, -0.15) is 0 Å². The summed E-state index contributed by atoms with van der Waals surface area (Å²) in [5.74, 6) is -1.99. The van der Waals surface area contributed by atoms with E-state index in [4.69, 9.17) is 0 Å². The van der Waals surface area contributed by atoms with Crippen LogP contribution in [0.5, 0.6) is 0 Å². The van der Waals surface area contributed by atoms with Gasteiger partial charge in [-0.15, -0.1) is 0 Å². The van der Waals surface area contributed by atoms with E-state index in [2.05, 4.69) is 0 Å². The first-order chi connectivity index (χ1) is 7.80. The standard InChI is InChI=1S/C12H14FNO3/c1-8(15)14(3)12(2,11(16)17)9-4-6-10(13)7-5-9/h4-7H,1-3H3,(H,16,17). The van der Waals surface area contributed by atoms with Gasteiger partial charge in [0, 0.05) is 14.0 Å². The Kier molecular flexibility index (Phi) is 3.50. The number of carbonyl (C=O) groups excluding carboxylic acids is 1. The average Bonchev–Trinajstić information content (AvgIpc) is 2.27. The van der Waals surface area contributed by atoms with Gasteiger partial charge in [-0.25, -0.2) is 9.18 Å². The van der Waals surface area contributed by atoms with Crippen LogP contribution in [-0.4, -0.2) is 28.9 Å². The first-order valence-electron chi connectivity index (χ1n) is 5.04. The fourth-order valence-corrected chi connectivity index (χ4v) is 1.55. The van der Waals surface area contributed by atoms with Crippen LogP contribution < -0.4 is 0 Å². The summed E-state index contributed by atoms with van der Waals surface area (Å²) in [5.41, 5.74) is -1.15. The molecule has 1 unspecified atom stereocenters. The zero-order chi connectivity index (χ0) is 13.2. The lowest BCUT2D eigenvalue weighted by Crippen LogP contribution is -2.49. The molecule has 0 bridgehead atoms. The first-order valence-corrected chi connectivity index (χ1v) is 5.04. The molecule has 0 saturated carbocycles. The Hall–Kier alpha value is -1.91. The van der Waals surface area contributed by atoms with Crippen LogP contribution >= 0.6 is 0 Å². The van der Waals surface area contributed by atoms with Crippen molar-refractivity contribution in [2.24, 2.45) is 0 Å². The molecule has 0 saturated heterocycles. The molecule has 4 nitrogen and oxygen atoms in total. The van der Waals surface area contributed by atoms with E-state index in [0.29, 0.717) is 5.56 Å². The molecular weight excluding hydrogens is 225 g/mol. The van der Waals surface area contributed by atoms with Gasteiger partial charge in [-0.1, -0.05) is 12.1 Å². The van der Waals surface area contributed by atoms with E-state index >= 15 is 0 Å². The average molecular weight is 239 g/mol. The summed E-state index contributed by atoms with van der Waals surface area (Å²) in [7, 11) is 1.40. The Balaban J connectivity index is 3.30. The van der Waals surface area contributed by atoms with Crippen LogP contribution in [0.1, 0.15) is 19.4 Å². The zero-order valence-corrected chi connectivity index (χ0v) is 9.90. The highest BCUT2D eigenvalue weighted by Crippen LogP contribution is 2.27. The number of rotatable bonds is 3. The fraction of sp³-hybridized carbons (Fsp3) is 0.333. The van der Waals surface area contributed by atoms with E-state index in [9.17, 15) is 19.1 Å². The summed E-state index contributed by atoms with van der Waals surface area (Å²) in [6.07, 6.45) is 0. The predicted molar refractivity (Wildman–Crippen MR) is 59.8 cm³/mol. The number of amides is 1. The molecule has 5 heteroatoms. The van der Waals surface area contributed by atoms with Crippen LogP contribution in [0.15, 0.2) is 24.3 Å². The van der Waals surface area contributed by atoms with Crippen molar-refractivity contribution in [2.75, 3.05) is 7.05 Å². The van der Waals surface area contributed by atoms with Crippen molar-refractivity contribution in [2.45, 2.75) is 19.4 Å². The van der Waals surface area contributed by atoms with E-state index in [1.165, 1.54) is 45.2 Å². The van der Waals surface area contributed by atoms with Gasteiger partial charge in [0.1, 0.15) is 5.82 Å². The highest BCUT2D eigenvalue weighted by atomic mass is 19.1. The lowest BCUT2D eigenvalue weighted by Gasteiger charge is -2.34. The molecule has 1 aromatic carbocycles. The molecule has 1 rings (SSSR count). The first kappa shape index (κ1) is 13.2. The molecular formula is C12H14FNO3. The molecule has 0 aromatic heterocycles. The van der Waals surface area contributed by atoms with Gasteiger partial charge < -0.3 is 10.0 Å². The molecule has 92 valence electrons. The molecule has 1 N–H and O–H groups in total. The largest absolute Gasteiger partial charge is 0.479 e. The molecule has 1 atom stereocenters. The number of carbonyl (C=O) groups is 2. The molecule has 1 aromatic rings. The van der Waals surface area contributed by atoms with E-state index < -0.39 is 17.3 Å². The van der Waals surface area contributed by atoms with Crippen LogP contribution in [0.3, 0.4) is 0 Å². The predicted octanol–water partition coefficient (Wildman–Crippen LogP) is 1.60. The van der Waals surface area contributed by atoms with Crippen molar-refractivity contribution >= 4 is 11.9 Å². The number of nitrogens with zero attached hydrogens (tertiary/aromatic N) is 1. The van der Waals surface area contributed by atoms with Crippen molar-refractivity contribution in [3.05, 3.63) is 35.6 Å². The Labute approximate surface area is 98.7 Å². The number of halogens is 1. The maximum Gasteiger partial charge on any atom is 0.334 e. The minimum absolute atomic E-state index is 0.351. The molecule has 0 spiro atoms. The number of benzene rings is 1. The molecule has 17 heavy (non-hydrogen) atoms. The van der Waals surface area contributed by atoms with Gasteiger partial charge >= 0.3 is 5.97 Å². The van der Waals surface area contributed by atoms with Crippen molar-refractivity contribution in [1.29, 1.82) is 0 Å². The third-order valence-electron chi connectivity index (χ3n) is 2.97. The summed E-state index contributed by atoms with van der Waals surface area (Å²) < 4.78 is 12.8. The Morgan fingerprint density at radius 2 is 1.76 bits per heavy atom. The second kappa shape index (κ2) is 4.53. The number of carboxylic acid groups (broad SMARTS) is 1. The van der Waals surface area contributed by atoms with Crippen LogP contribution in [0.4, 0.5) is 4.39 Å². The molecule has 0 heterocycles. The third kappa shape index (κ3) is 2.27. The zero-order valence-electron chi connectivity index (χ0n) is 9.90. The highest BCUT2D eigenvalue weighted by molar-refractivity contribution is 5.86. The van der Waals surface area contributed by atoms with Crippen molar-refractivity contribution in [3.63, 3.8) is 0 Å². The minimum Gasteiger partial charge on any atom is -0.479 e. The molecule has 0 aliphatic heterocycles. The van der Waals surface area contributed by atoms with Gasteiger partial charge in [0.2, 0.25) is 5.91 Å². The summed E-state index contributed by atoms with van der Waals surface area (Å²) in [6, 6.07) is 5.07. The molecule has 0 aliphatic carbocycles. The smallest absolute Gasteiger partial charge is 0.334 e. The summed E-state index contributed by atoms with van der Waals surface area (Å²) in [6.45, 7) is 2.69. The van der Waals surface area contributed by atoms with Gasteiger partial charge in [-0.3, -0.25) is 4.79 Å². The van der Waals surface area contributed by atoms with Crippen LogP contribution in [0, 0.1) is 5.82 Å². The van der Waals surface area contributed by atoms with Gasteiger partial charge in [-0.05, 0) is 24.6 Å². The number of hydrogen-bond donors (Lipinski definition) is 1. The summed E-state index contributed by atoms with van der Waals surface area (Å²) >= 11 is 0. The van der Waals surface area contributed by atoms with Crippen LogP contribution in [0.2, 0.25) is 0 Å². The second-order valence-corrected chi connectivity index (χ2v) is 3.96. The van der Waals surface area contributed by atoms with Gasteiger partial charge in [0.25, 0.3) is 0 Å². The lowest BCUT2D eigenvalue weighted by atomic mass is 9.90. The fourth-order valence-electron chi connectivity index (χ4n) is 1.55. The number of likely N-dealkylation sites (N-methyl/N-ethyl adjacent to an activating group) is 1. The van der Waals surface area contributed by atoms with E-state index in [-0.39, 0.29) is 5.91 Å². The summed E-state index contributed by atoms with van der Waals surface area (Å²) in [5, 5.41) is 9.29.